The molecule has 17 heavy (non-hydrogen) atoms. The Morgan fingerprint density at radius 2 is 2.35 bits per heavy atom. The molecule has 6 nitrogen and oxygen atoms in total. The average Bonchev–Trinajstić information content (AvgIpc) is 3.05. The fourth-order valence-corrected chi connectivity index (χ4v) is 1.61. The lowest BCUT2D eigenvalue weighted by Crippen LogP contribution is -2.17. The van der Waals surface area contributed by atoms with E-state index in [0.29, 0.717) is 0 Å². The number of hydrogen-bond donors (Lipinski definition) is 1. The van der Waals surface area contributed by atoms with Crippen LogP contribution in [0.25, 0.3) is 0 Å². The number of nitrogens with zero attached hydrogens (tertiary/aromatic N) is 4. The highest BCUT2D eigenvalue weighted by Crippen LogP contribution is 2.28. The van der Waals surface area contributed by atoms with Gasteiger partial charge in [-0.05, 0) is 42.2 Å². The first-order valence-electron chi connectivity index (χ1n) is 6.43. The maximum atomic E-state index is 5.58. The molecule has 0 amide bonds. The molecule has 0 radical (unpaired) electrons. The van der Waals surface area contributed by atoms with Crippen LogP contribution in [-0.2, 0) is 17.8 Å². The van der Waals surface area contributed by atoms with Crippen molar-refractivity contribution in [3.63, 3.8) is 0 Å². The summed E-state index contributed by atoms with van der Waals surface area (Å²) in [7, 11) is 0. The van der Waals surface area contributed by atoms with E-state index in [1.165, 1.54) is 12.8 Å². The average molecular weight is 239 g/mol. The maximum Gasteiger partial charge on any atom is 0.165 e. The third-order valence-electron chi connectivity index (χ3n) is 2.85. The summed E-state index contributed by atoms with van der Waals surface area (Å²) in [4.78, 5) is 0. The second kappa shape index (κ2) is 6.66. The van der Waals surface area contributed by atoms with Gasteiger partial charge in [0.05, 0.1) is 6.54 Å². The smallest absolute Gasteiger partial charge is 0.165 e. The van der Waals surface area contributed by atoms with Crippen molar-refractivity contribution < 1.29 is 4.74 Å². The summed E-state index contributed by atoms with van der Waals surface area (Å²) in [5.41, 5.74) is 0. The van der Waals surface area contributed by atoms with Crippen LogP contribution in [0.2, 0.25) is 0 Å². The number of tetrazole rings is 1. The van der Waals surface area contributed by atoms with Gasteiger partial charge < -0.3 is 10.1 Å². The Bertz CT molecular complexity index is 323. The second-order valence-electron chi connectivity index (χ2n) is 4.47. The van der Waals surface area contributed by atoms with Crippen LogP contribution in [0.3, 0.4) is 0 Å². The van der Waals surface area contributed by atoms with E-state index in [-0.39, 0.29) is 0 Å². The van der Waals surface area contributed by atoms with E-state index in [4.69, 9.17) is 4.74 Å². The monoisotopic (exact) mass is 239 g/mol. The molecular weight excluding hydrogens is 218 g/mol. The van der Waals surface area contributed by atoms with E-state index in [1.807, 2.05) is 4.68 Å². The van der Waals surface area contributed by atoms with Gasteiger partial charge in [-0.2, -0.15) is 0 Å². The third kappa shape index (κ3) is 4.40. The molecule has 1 saturated carbocycles. The van der Waals surface area contributed by atoms with Crippen LogP contribution in [0.1, 0.15) is 32.0 Å². The van der Waals surface area contributed by atoms with Crippen LogP contribution in [0.15, 0.2) is 0 Å². The number of aromatic nitrogens is 4. The van der Waals surface area contributed by atoms with Crippen molar-refractivity contribution in [1.82, 2.24) is 25.5 Å². The minimum Gasteiger partial charge on any atom is -0.381 e. The van der Waals surface area contributed by atoms with Gasteiger partial charge in [-0.3, -0.25) is 0 Å². The highest BCUT2D eigenvalue weighted by Gasteiger charge is 2.20. The fraction of sp³-hybridized carbons (Fsp3) is 0.909. The first-order chi connectivity index (χ1) is 8.40. The molecule has 0 aromatic carbocycles. The normalized spacial score (nSPS) is 15.4. The summed E-state index contributed by atoms with van der Waals surface area (Å²) < 4.78 is 7.43. The molecule has 1 aliphatic rings. The van der Waals surface area contributed by atoms with Crippen molar-refractivity contribution in [3.05, 3.63) is 5.82 Å². The van der Waals surface area contributed by atoms with Crippen LogP contribution >= 0.6 is 0 Å². The topological polar surface area (TPSA) is 64.9 Å². The van der Waals surface area contributed by atoms with Crippen molar-refractivity contribution in [2.75, 3.05) is 19.8 Å². The predicted octanol–water partition coefficient (Wildman–Crippen LogP) is 0.599. The summed E-state index contributed by atoms with van der Waals surface area (Å²) >= 11 is 0. The quantitative estimate of drug-likeness (QED) is 0.639. The van der Waals surface area contributed by atoms with E-state index in [9.17, 15) is 0 Å². The van der Waals surface area contributed by atoms with Crippen molar-refractivity contribution in [2.24, 2.45) is 5.92 Å². The number of rotatable bonds is 9. The van der Waals surface area contributed by atoms with Gasteiger partial charge in [-0.1, -0.05) is 6.92 Å². The lowest BCUT2D eigenvalue weighted by atomic mass is 10.4. The molecule has 0 aliphatic heterocycles. The van der Waals surface area contributed by atoms with Gasteiger partial charge in [0.25, 0.3) is 0 Å². The van der Waals surface area contributed by atoms with Crippen molar-refractivity contribution in [2.45, 2.75) is 39.3 Å². The molecule has 1 aromatic heterocycles. The zero-order valence-corrected chi connectivity index (χ0v) is 10.4. The standard InChI is InChI=1S/C11H21N5O/c1-2-12-8-11-13-14-15-16(11)6-3-7-17-9-10-4-5-10/h10,12H,2-9H2,1H3. The van der Waals surface area contributed by atoms with Crippen molar-refractivity contribution in [3.8, 4) is 0 Å². The van der Waals surface area contributed by atoms with E-state index >= 15 is 0 Å². The summed E-state index contributed by atoms with van der Waals surface area (Å²) in [6.07, 6.45) is 3.66. The molecule has 0 spiro atoms. The summed E-state index contributed by atoms with van der Waals surface area (Å²) in [6, 6.07) is 0. The first-order valence-corrected chi connectivity index (χ1v) is 6.43. The van der Waals surface area contributed by atoms with E-state index in [2.05, 4.69) is 27.8 Å². The summed E-state index contributed by atoms with van der Waals surface area (Å²) in [5.74, 6) is 1.74. The van der Waals surface area contributed by atoms with Crippen molar-refractivity contribution in [1.29, 1.82) is 0 Å². The minimum atomic E-state index is 0.729. The number of ether oxygens (including phenoxy) is 1. The fourth-order valence-electron chi connectivity index (χ4n) is 1.61. The number of aryl methyl sites for hydroxylation is 1. The van der Waals surface area contributed by atoms with Crippen LogP contribution in [0, 0.1) is 5.92 Å². The van der Waals surface area contributed by atoms with E-state index < -0.39 is 0 Å². The molecule has 6 heteroatoms. The SMILES string of the molecule is CCNCc1nnnn1CCCOCC1CC1. The van der Waals surface area contributed by atoms with Crippen molar-refractivity contribution >= 4 is 0 Å². The Morgan fingerprint density at radius 1 is 1.47 bits per heavy atom. The molecule has 0 saturated heterocycles. The molecule has 2 rings (SSSR count). The molecule has 0 bridgehead atoms. The summed E-state index contributed by atoms with van der Waals surface area (Å²) in [5, 5.41) is 14.9. The lowest BCUT2D eigenvalue weighted by Gasteiger charge is -2.05. The Labute approximate surface area is 102 Å². The van der Waals surface area contributed by atoms with Gasteiger partial charge in [0.2, 0.25) is 0 Å². The first kappa shape index (κ1) is 12.4. The molecule has 1 aliphatic carbocycles. The largest absolute Gasteiger partial charge is 0.381 e. The Kier molecular flexibility index (Phi) is 4.88. The lowest BCUT2D eigenvalue weighted by molar-refractivity contribution is 0.118. The molecule has 96 valence electrons. The van der Waals surface area contributed by atoms with Crippen LogP contribution < -0.4 is 5.32 Å². The molecule has 0 atom stereocenters. The predicted molar refractivity (Wildman–Crippen MR) is 63.4 cm³/mol. The van der Waals surface area contributed by atoms with Gasteiger partial charge in [0.1, 0.15) is 0 Å². The number of hydrogen-bond acceptors (Lipinski definition) is 5. The van der Waals surface area contributed by atoms with E-state index in [1.54, 1.807) is 0 Å². The molecular formula is C11H21N5O. The molecule has 0 unspecified atom stereocenters. The van der Waals surface area contributed by atoms with E-state index in [0.717, 1.165) is 51.0 Å². The summed E-state index contributed by atoms with van der Waals surface area (Å²) in [6.45, 7) is 6.29. The molecule has 1 fully saturated rings. The Hall–Kier alpha value is -1.01. The molecule has 1 heterocycles. The highest BCUT2D eigenvalue weighted by atomic mass is 16.5. The maximum absolute atomic E-state index is 5.58. The Balaban J connectivity index is 1.61. The zero-order valence-electron chi connectivity index (χ0n) is 10.4. The second-order valence-corrected chi connectivity index (χ2v) is 4.47. The van der Waals surface area contributed by atoms with Crippen LogP contribution in [0.4, 0.5) is 0 Å². The Morgan fingerprint density at radius 3 is 3.12 bits per heavy atom. The highest BCUT2D eigenvalue weighted by molar-refractivity contribution is 4.79. The molecule has 1 aromatic rings. The van der Waals surface area contributed by atoms with Gasteiger partial charge in [-0.15, -0.1) is 5.10 Å². The van der Waals surface area contributed by atoms with Crippen LogP contribution in [0.5, 0.6) is 0 Å². The molecule has 1 N–H and O–H groups in total. The zero-order chi connectivity index (χ0) is 11.9. The van der Waals surface area contributed by atoms with Gasteiger partial charge in [0, 0.05) is 19.8 Å². The van der Waals surface area contributed by atoms with Gasteiger partial charge in [0.15, 0.2) is 5.82 Å². The number of nitrogens with one attached hydrogen (secondary N) is 1. The van der Waals surface area contributed by atoms with Gasteiger partial charge in [-0.25, -0.2) is 4.68 Å². The minimum absolute atomic E-state index is 0.729. The van der Waals surface area contributed by atoms with Gasteiger partial charge >= 0.3 is 0 Å². The van der Waals surface area contributed by atoms with Crippen LogP contribution in [-0.4, -0.2) is 40.0 Å². The third-order valence-corrected chi connectivity index (χ3v) is 2.85.